The largest absolute Gasteiger partial charge is 0.495 e. The van der Waals surface area contributed by atoms with Gasteiger partial charge in [-0.05, 0) is 35.9 Å². The lowest BCUT2D eigenvalue weighted by molar-refractivity contribution is -0.119. The Bertz CT molecular complexity index is 1480. The van der Waals surface area contributed by atoms with E-state index in [4.69, 9.17) is 21.1 Å². The Morgan fingerprint density at radius 1 is 1.03 bits per heavy atom. The molecule has 4 aromatic rings. The minimum Gasteiger partial charge on any atom is -0.495 e. The van der Waals surface area contributed by atoms with Crippen molar-refractivity contribution in [1.29, 1.82) is 0 Å². The molecule has 0 fully saturated rings. The molecule has 0 spiro atoms. The summed E-state index contributed by atoms with van der Waals surface area (Å²) in [6.07, 6.45) is 2.01. The highest BCUT2D eigenvalue weighted by Gasteiger charge is 2.45. The normalized spacial score (nSPS) is 17.1. The highest BCUT2D eigenvalue weighted by atomic mass is 35.5. The Morgan fingerprint density at radius 3 is 2.54 bits per heavy atom. The van der Waals surface area contributed by atoms with Crippen LogP contribution >= 0.6 is 11.6 Å². The van der Waals surface area contributed by atoms with E-state index in [2.05, 4.69) is 5.32 Å². The lowest BCUT2D eigenvalue weighted by atomic mass is 9.79. The summed E-state index contributed by atoms with van der Waals surface area (Å²) in [6.45, 7) is 0.688. The number of nitrogens with one attached hydrogen (secondary N) is 1. The third kappa shape index (κ3) is 4.45. The van der Waals surface area contributed by atoms with E-state index in [9.17, 15) is 9.59 Å². The highest BCUT2D eigenvalue weighted by molar-refractivity contribution is 6.32. The van der Waals surface area contributed by atoms with Gasteiger partial charge in [-0.25, -0.2) is 0 Å². The van der Waals surface area contributed by atoms with E-state index >= 15 is 0 Å². The Kier molecular flexibility index (Phi) is 6.91. The number of hydrogen-bond donors (Lipinski definition) is 1. The van der Waals surface area contributed by atoms with Crippen LogP contribution in [0.4, 0.5) is 5.69 Å². The van der Waals surface area contributed by atoms with E-state index in [1.54, 1.807) is 43.4 Å². The number of amides is 2. The molecular weight excluding hydrogens is 490 g/mol. The van der Waals surface area contributed by atoms with Crippen LogP contribution in [0.25, 0.3) is 10.9 Å². The minimum absolute atomic E-state index is 0.123. The average molecular weight is 518 g/mol. The Labute approximate surface area is 220 Å². The number of carbonyl (C=O) groups excluding carboxylic acids is 2. The van der Waals surface area contributed by atoms with E-state index in [1.807, 2.05) is 60.3 Å². The molecular formula is C29H28ClN3O4. The van der Waals surface area contributed by atoms with Crippen molar-refractivity contribution in [3.63, 3.8) is 0 Å². The number of anilines is 1. The monoisotopic (exact) mass is 517 g/mol. The van der Waals surface area contributed by atoms with Gasteiger partial charge in [0.2, 0.25) is 5.91 Å². The van der Waals surface area contributed by atoms with Gasteiger partial charge in [0.15, 0.2) is 0 Å². The van der Waals surface area contributed by atoms with E-state index in [1.165, 1.54) is 0 Å². The van der Waals surface area contributed by atoms with Crippen LogP contribution in [0, 0.1) is 0 Å². The van der Waals surface area contributed by atoms with Crippen LogP contribution in [-0.4, -0.2) is 48.7 Å². The number of methoxy groups -OCH3 is 2. The first kappa shape index (κ1) is 24.9. The zero-order valence-corrected chi connectivity index (χ0v) is 21.7. The predicted molar refractivity (Wildman–Crippen MR) is 144 cm³/mol. The van der Waals surface area contributed by atoms with Gasteiger partial charge >= 0.3 is 0 Å². The van der Waals surface area contributed by atoms with Gasteiger partial charge < -0.3 is 24.3 Å². The second kappa shape index (κ2) is 10.3. The summed E-state index contributed by atoms with van der Waals surface area (Å²) in [4.78, 5) is 29.6. The number of benzene rings is 3. The third-order valence-corrected chi connectivity index (χ3v) is 7.22. The van der Waals surface area contributed by atoms with Crippen molar-refractivity contribution in [1.82, 2.24) is 9.47 Å². The molecule has 0 saturated carbocycles. The minimum atomic E-state index is -0.669. The van der Waals surface area contributed by atoms with Crippen molar-refractivity contribution in [2.45, 2.75) is 12.0 Å². The Morgan fingerprint density at radius 2 is 1.78 bits per heavy atom. The van der Waals surface area contributed by atoms with Crippen molar-refractivity contribution < 1.29 is 19.1 Å². The summed E-state index contributed by atoms with van der Waals surface area (Å²) < 4.78 is 12.6. The number of aromatic nitrogens is 1. The smallest absolute Gasteiger partial charge is 0.254 e. The predicted octanol–water partition coefficient (Wildman–Crippen LogP) is 5.41. The lowest BCUT2D eigenvalue weighted by Gasteiger charge is -2.41. The van der Waals surface area contributed by atoms with Crippen molar-refractivity contribution >= 4 is 40.0 Å². The van der Waals surface area contributed by atoms with Gasteiger partial charge in [0.1, 0.15) is 5.75 Å². The van der Waals surface area contributed by atoms with Crippen LogP contribution in [0.1, 0.15) is 33.4 Å². The maximum atomic E-state index is 14.1. The summed E-state index contributed by atoms with van der Waals surface area (Å²) in [7, 11) is 5.12. The van der Waals surface area contributed by atoms with Crippen LogP contribution in [0.5, 0.6) is 5.75 Å². The molecule has 1 aliphatic heterocycles. The van der Waals surface area contributed by atoms with Crippen molar-refractivity contribution in [2.24, 2.45) is 7.05 Å². The molecule has 190 valence electrons. The molecule has 2 heterocycles. The van der Waals surface area contributed by atoms with Crippen molar-refractivity contribution in [3.8, 4) is 5.75 Å². The summed E-state index contributed by atoms with van der Waals surface area (Å²) in [5.41, 5.74) is 3.69. The first-order valence-corrected chi connectivity index (χ1v) is 12.4. The van der Waals surface area contributed by atoms with Gasteiger partial charge in [0.05, 0.1) is 30.7 Å². The van der Waals surface area contributed by atoms with Crippen LogP contribution in [-0.2, 0) is 16.6 Å². The van der Waals surface area contributed by atoms with E-state index in [-0.39, 0.29) is 11.8 Å². The molecule has 0 radical (unpaired) electrons. The number of aryl methyl sites for hydroxylation is 1. The molecule has 2 atom stereocenters. The number of ether oxygens (including phenoxy) is 2. The van der Waals surface area contributed by atoms with Crippen molar-refractivity contribution in [2.75, 3.05) is 32.7 Å². The van der Waals surface area contributed by atoms with Crippen LogP contribution < -0.4 is 10.1 Å². The van der Waals surface area contributed by atoms with Gasteiger partial charge in [-0.2, -0.15) is 0 Å². The summed E-state index contributed by atoms with van der Waals surface area (Å²) in [5, 5.41) is 4.43. The quantitative estimate of drug-likeness (QED) is 0.356. The van der Waals surface area contributed by atoms with Gasteiger partial charge in [-0.1, -0.05) is 48.0 Å². The number of halogens is 1. The molecule has 37 heavy (non-hydrogen) atoms. The standard InChI is InChI=1S/C29H28ClN3O4/c1-32-17-22(19-8-6-7-11-24(19)32)27-26(28(34)31-18-12-13-25(37-3)23(30)16-18)20-9-4-5-10-21(20)29(35)33(27)14-15-36-2/h4-13,16-17,26-27H,14-15H2,1-3H3,(H,31,34)/t26-,27-/m0/s1. The number of rotatable bonds is 7. The van der Waals surface area contributed by atoms with E-state index in [0.29, 0.717) is 40.7 Å². The maximum Gasteiger partial charge on any atom is 0.254 e. The highest BCUT2D eigenvalue weighted by Crippen LogP contribution is 2.45. The van der Waals surface area contributed by atoms with Crippen LogP contribution in [0.2, 0.25) is 5.02 Å². The maximum absolute atomic E-state index is 14.1. The fraction of sp³-hybridized carbons (Fsp3) is 0.241. The van der Waals surface area contributed by atoms with Crippen LogP contribution in [0.3, 0.4) is 0 Å². The zero-order valence-electron chi connectivity index (χ0n) is 20.9. The number of nitrogens with zero attached hydrogens (tertiary/aromatic N) is 2. The number of hydrogen-bond acceptors (Lipinski definition) is 4. The average Bonchev–Trinajstić information content (AvgIpc) is 3.24. The molecule has 5 rings (SSSR count). The fourth-order valence-electron chi connectivity index (χ4n) is 5.23. The summed E-state index contributed by atoms with van der Waals surface area (Å²) >= 11 is 6.33. The molecule has 1 aliphatic rings. The van der Waals surface area contributed by atoms with Crippen molar-refractivity contribution in [3.05, 3.63) is 94.6 Å². The Hall–Kier alpha value is -3.81. The van der Waals surface area contributed by atoms with E-state index < -0.39 is 12.0 Å². The second-order valence-electron chi connectivity index (χ2n) is 9.05. The molecule has 7 nitrogen and oxygen atoms in total. The summed E-state index contributed by atoms with van der Waals surface area (Å²) in [5.74, 6) is -0.506. The summed E-state index contributed by atoms with van der Waals surface area (Å²) in [6, 6.07) is 19.9. The number of fused-ring (bicyclic) bond motifs is 2. The lowest BCUT2D eigenvalue weighted by Crippen LogP contribution is -2.47. The molecule has 1 N–H and O–H groups in total. The van der Waals surface area contributed by atoms with E-state index in [0.717, 1.165) is 16.5 Å². The molecule has 0 saturated heterocycles. The topological polar surface area (TPSA) is 72.8 Å². The molecule has 2 amide bonds. The zero-order chi connectivity index (χ0) is 26.1. The molecule has 0 bridgehead atoms. The first-order chi connectivity index (χ1) is 17.9. The second-order valence-corrected chi connectivity index (χ2v) is 9.46. The molecule has 3 aromatic carbocycles. The Balaban J connectivity index is 1.67. The third-order valence-electron chi connectivity index (χ3n) is 6.92. The van der Waals surface area contributed by atoms with Gasteiger partial charge in [0, 0.05) is 54.6 Å². The van der Waals surface area contributed by atoms with Gasteiger partial charge in [-0.3, -0.25) is 9.59 Å². The van der Waals surface area contributed by atoms with Gasteiger partial charge in [0.25, 0.3) is 5.91 Å². The molecule has 0 aliphatic carbocycles. The molecule has 8 heteroatoms. The fourth-order valence-corrected chi connectivity index (χ4v) is 5.49. The SMILES string of the molecule is COCCN1C(=O)c2ccccc2[C@H](C(=O)Nc2ccc(OC)c(Cl)c2)[C@@H]1c1cn(C)c2ccccc12. The van der Waals surface area contributed by atoms with Gasteiger partial charge in [-0.15, -0.1) is 0 Å². The van der Waals surface area contributed by atoms with Crippen LogP contribution in [0.15, 0.2) is 72.9 Å². The number of para-hydroxylation sites is 1. The first-order valence-electron chi connectivity index (χ1n) is 12.0. The number of carbonyl (C=O) groups is 2. The molecule has 0 unspecified atom stereocenters. The molecule has 1 aromatic heterocycles.